The van der Waals surface area contributed by atoms with E-state index in [9.17, 15) is 5.11 Å². The fourth-order valence-electron chi connectivity index (χ4n) is 1.63. The van der Waals surface area contributed by atoms with Gasteiger partial charge >= 0.3 is 0 Å². The van der Waals surface area contributed by atoms with E-state index in [-0.39, 0.29) is 0 Å². The molecule has 0 aliphatic rings. The Morgan fingerprint density at radius 3 is 2.69 bits per heavy atom. The highest BCUT2D eigenvalue weighted by molar-refractivity contribution is 9.10. The van der Waals surface area contributed by atoms with Gasteiger partial charge in [-0.1, -0.05) is 6.92 Å². The molecule has 2 atom stereocenters. The van der Waals surface area contributed by atoms with Crippen molar-refractivity contribution >= 4 is 27.3 Å². The van der Waals surface area contributed by atoms with Gasteiger partial charge in [0.05, 0.1) is 11.7 Å². The fourth-order valence-corrected chi connectivity index (χ4v) is 3.12. The number of rotatable bonds is 6. The molecule has 92 valence electrons. The molecule has 0 saturated heterocycles. The zero-order chi connectivity index (χ0) is 12.2. The molecule has 0 amide bonds. The van der Waals surface area contributed by atoms with Gasteiger partial charge in [0.15, 0.2) is 0 Å². The second-order valence-electron chi connectivity index (χ2n) is 4.05. The van der Waals surface area contributed by atoms with E-state index in [0.29, 0.717) is 13.0 Å². The lowest BCUT2D eigenvalue weighted by atomic mass is 9.93. The fraction of sp³-hybridized carbons (Fsp3) is 0.667. The molecule has 0 aliphatic heterocycles. The molecule has 1 aromatic heterocycles. The van der Waals surface area contributed by atoms with Crippen LogP contribution in [0.5, 0.6) is 0 Å². The van der Waals surface area contributed by atoms with Crippen molar-refractivity contribution in [3.8, 4) is 0 Å². The largest absolute Gasteiger partial charge is 0.390 e. The molecule has 16 heavy (non-hydrogen) atoms. The predicted octanol–water partition coefficient (Wildman–Crippen LogP) is 3.62. The summed E-state index contributed by atoms with van der Waals surface area (Å²) in [4.78, 5) is 1.18. The van der Waals surface area contributed by atoms with E-state index in [2.05, 4.69) is 22.0 Å². The maximum absolute atomic E-state index is 10.2. The minimum Gasteiger partial charge on any atom is -0.390 e. The number of aliphatic hydroxyl groups is 1. The van der Waals surface area contributed by atoms with Crippen LogP contribution in [-0.4, -0.2) is 23.4 Å². The highest BCUT2D eigenvalue weighted by Crippen LogP contribution is 2.27. The molecule has 0 aliphatic carbocycles. The Labute approximate surface area is 110 Å². The molecule has 0 saturated carbocycles. The van der Waals surface area contributed by atoms with Crippen LogP contribution in [0.3, 0.4) is 0 Å². The van der Waals surface area contributed by atoms with Crippen LogP contribution in [0.1, 0.15) is 32.1 Å². The van der Waals surface area contributed by atoms with Crippen LogP contribution in [0, 0.1) is 0 Å². The number of aliphatic hydroxyl groups excluding tert-OH is 1. The minimum atomic E-state index is -0.456. The van der Waals surface area contributed by atoms with Gasteiger partial charge in [0, 0.05) is 27.8 Å². The van der Waals surface area contributed by atoms with Gasteiger partial charge in [-0.25, -0.2) is 0 Å². The third-order valence-electron chi connectivity index (χ3n) is 2.90. The van der Waals surface area contributed by atoms with Crippen LogP contribution in [-0.2, 0) is 11.2 Å². The van der Waals surface area contributed by atoms with E-state index in [1.807, 2.05) is 26.2 Å². The summed E-state index contributed by atoms with van der Waals surface area (Å²) >= 11 is 5.08. The first-order valence-electron chi connectivity index (χ1n) is 5.56. The van der Waals surface area contributed by atoms with Crippen molar-refractivity contribution in [2.75, 3.05) is 6.61 Å². The first-order valence-corrected chi connectivity index (χ1v) is 7.24. The van der Waals surface area contributed by atoms with E-state index in [0.717, 1.165) is 10.9 Å². The van der Waals surface area contributed by atoms with Crippen molar-refractivity contribution < 1.29 is 9.84 Å². The number of ether oxygens (including phenoxy) is 1. The molecule has 0 radical (unpaired) electrons. The second kappa shape index (κ2) is 6.15. The molecule has 1 rings (SSSR count). The Bertz CT molecular complexity index is 327. The molecule has 0 spiro atoms. The summed E-state index contributed by atoms with van der Waals surface area (Å²) < 4.78 is 6.74. The number of hydrogen-bond donors (Lipinski definition) is 1. The van der Waals surface area contributed by atoms with Crippen LogP contribution in [0.15, 0.2) is 15.9 Å². The molecular weight excluding hydrogens is 288 g/mol. The highest BCUT2D eigenvalue weighted by Gasteiger charge is 2.32. The van der Waals surface area contributed by atoms with Crippen LogP contribution < -0.4 is 0 Å². The van der Waals surface area contributed by atoms with Crippen LogP contribution in [0.25, 0.3) is 0 Å². The number of hydrogen-bond acceptors (Lipinski definition) is 3. The SMILES string of the molecule is CCOC(C)(CC)C(O)Cc1cc(Br)cs1. The monoisotopic (exact) mass is 306 g/mol. The van der Waals surface area contributed by atoms with Gasteiger partial charge < -0.3 is 9.84 Å². The Morgan fingerprint density at radius 1 is 1.56 bits per heavy atom. The van der Waals surface area contributed by atoms with E-state index >= 15 is 0 Å². The van der Waals surface area contributed by atoms with Crippen molar-refractivity contribution in [1.82, 2.24) is 0 Å². The maximum Gasteiger partial charge on any atom is 0.0913 e. The summed E-state index contributed by atoms with van der Waals surface area (Å²) in [6, 6.07) is 2.05. The van der Waals surface area contributed by atoms with Crippen molar-refractivity contribution in [1.29, 1.82) is 0 Å². The van der Waals surface area contributed by atoms with Gasteiger partial charge in [-0.15, -0.1) is 11.3 Å². The second-order valence-corrected chi connectivity index (χ2v) is 5.96. The minimum absolute atomic E-state index is 0.439. The van der Waals surface area contributed by atoms with Gasteiger partial charge in [-0.3, -0.25) is 0 Å². The maximum atomic E-state index is 10.2. The quantitative estimate of drug-likeness (QED) is 0.870. The summed E-state index contributed by atoms with van der Waals surface area (Å²) in [5, 5.41) is 12.3. The van der Waals surface area contributed by atoms with Crippen molar-refractivity contribution in [2.24, 2.45) is 0 Å². The Hall–Kier alpha value is 0.1000. The molecule has 1 aromatic rings. The molecule has 0 bridgehead atoms. The van der Waals surface area contributed by atoms with Crippen molar-refractivity contribution in [3.63, 3.8) is 0 Å². The lowest BCUT2D eigenvalue weighted by Gasteiger charge is -2.33. The van der Waals surface area contributed by atoms with Gasteiger partial charge in [0.1, 0.15) is 0 Å². The molecule has 1 N–H and O–H groups in total. The molecule has 0 aromatic carbocycles. The number of thiophene rings is 1. The molecule has 4 heteroatoms. The van der Waals surface area contributed by atoms with Gasteiger partial charge in [0.25, 0.3) is 0 Å². The van der Waals surface area contributed by atoms with Crippen molar-refractivity contribution in [3.05, 3.63) is 20.8 Å². The van der Waals surface area contributed by atoms with E-state index in [1.165, 1.54) is 4.88 Å². The highest BCUT2D eigenvalue weighted by atomic mass is 79.9. The molecule has 0 fully saturated rings. The molecule has 2 nitrogen and oxygen atoms in total. The average molecular weight is 307 g/mol. The third kappa shape index (κ3) is 3.55. The summed E-state index contributed by atoms with van der Waals surface area (Å²) in [7, 11) is 0. The zero-order valence-corrected chi connectivity index (χ0v) is 12.4. The third-order valence-corrected chi connectivity index (χ3v) is 4.62. The standard InChI is InChI=1S/C12H19BrO2S/c1-4-12(3,15-5-2)11(14)7-10-6-9(13)8-16-10/h6,8,11,14H,4-5,7H2,1-3H3. The lowest BCUT2D eigenvalue weighted by molar-refractivity contribution is -0.109. The topological polar surface area (TPSA) is 29.5 Å². The molecular formula is C12H19BrO2S. The van der Waals surface area contributed by atoms with Gasteiger partial charge in [-0.2, -0.15) is 0 Å². The van der Waals surface area contributed by atoms with Crippen LogP contribution in [0.2, 0.25) is 0 Å². The first kappa shape index (κ1) is 14.2. The summed E-state index contributed by atoms with van der Waals surface area (Å²) in [5.74, 6) is 0. The Morgan fingerprint density at radius 2 is 2.25 bits per heavy atom. The summed E-state index contributed by atoms with van der Waals surface area (Å²) in [5.41, 5.74) is -0.439. The van der Waals surface area contributed by atoms with Gasteiger partial charge in [-0.05, 0) is 42.3 Å². The lowest BCUT2D eigenvalue weighted by Crippen LogP contribution is -2.42. The normalized spacial score (nSPS) is 17.1. The summed E-state index contributed by atoms with van der Waals surface area (Å²) in [6.07, 6.45) is 1.01. The zero-order valence-electron chi connectivity index (χ0n) is 10.00. The van der Waals surface area contributed by atoms with E-state index < -0.39 is 11.7 Å². The smallest absolute Gasteiger partial charge is 0.0913 e. The molecule has 1 heterocycles. The number of halogens is 1. The van der Waals surface area contributed by atoms with Crippen LogP contribution in [0.4, 0.5) is 0 Å². The first-order chi connectivity index (χ1) is 7.51. The predicted molar refractivity (Wildman–Crippen MR) is 72.1 cm³/mol. The summed E-state index contributed by atoms with van der Waals surface area (Å²) in [6.45, 7) is 6.62. The average Bonchev–Trinajstić information content (AvgIpc) is 2.64. The molecule has 2 unspecified atom stereocenters. The van der Waals surface area contributed by atoms with E-state index in [4.69, 9.17) is 4.74 Å². The van der Waals surface area contributed by atoms with Gasteiger partial charge in [0.2, 0.25) is 0 Å². The van der Waals surface area contributed by atoms with E-state index in [1.54, 1.807) is 11.3 Å². The Kier molecular flexibility index (Phi) is 5.44. The Balaban J connectivity index is 2.65. The van der Waals surface area contributed by atoms with Crippen molar-refractivity contribution in [2.45, 2.75) is 45.3 Å². The van der Waals surface area contributed by atoms with Crippen LogP contribution >= 0.6 is 27.3 Å².